The van der Waals surface area contributed by atoms with Gasteiger partial charge < -0.3 is 10.6 Å². The summed E-state index contributed by atoms with van der Waals surface area (Å²) in [5, 5.41) is 0. The number of anilines is 2. The third-order valence-corrected chi connectivity index (χ3v) is 2.68. The molecule has 0 aliphatic carbocycles. The maximum Gasteiger partial charge on any atom is 0.133 e. The molecule has 2 rings (SSSR count). The Labute approximate surface area is 106 Å². The lowest BCUT2D eigenvalue weighted by atomic mass is 10.3. The minimum atomic E-state index is 0.313. The summed E-state index contributed by atoms with van der Waals surface area (Å²) in [5.41, 5.74) is 7.28. The number of nitrogens with two attached hydrogens (primary N) is 1. The molecule has 86 valence electrons. The van der Waals surface area contributed by atoms with Gasteiger partial charge in [0.05, 0.1) is 5.69 Å². The Bertz CT molecular complexity index is 525. The molecular formula is C13H13N3S. The second kappa shape index (κ2) is 4.93. The second-order valence-corrected chi connectivity index (χ2v) is 4.08. The topological polar surface area (TPSA) is 42.1 Å². The van der Waals surface area contributed by atoms with E-state index < -0.39 is 0 Å². The molecule has 0 saturated heterocycles. The molecule has 4 heteroatoms. The van der Waals surface area contributed by atoms with Crippen LogP contribution in [0.4, 0.5) is 11.5 Å². The number of benzene rings is 1. The molecule has 0 amide bonds. The van der Waals surface area contributed by atoms with Crippen molar-refractivity contribution in [2.75, 3.05) is 11.9 Å². The van der Waals surface area contributed by atoms with Crippen molar-refractivity contribution in [2.24, 2.45) is 5.73 Å². The molecule has 0 aliphatic heterocycles. The number of pyridine rings is 1. The molecule has 0 fully saturated rings. The zero-order chi connectivity index (χ0) is 12.3. The summed E-state index contributed by atoms with van der Waals surface area (Å²) in [6.45, 7) is 0. The smallest absolute Gasteiger partial charge is 0.133 e. The first-order valence-corrected chi connectivity index (χ1v) is 5.65. The zero-order valence-corrected chi connectivity index (χ0v) is 10.3. The predicted octanol–water partition coefficient (Wildman–Crippen LogP) is 2.48. The predicted molar refractivity (Wildman–Crippen MR) is 74.6 cm³/mol. The van der Waals surface area contributed by atoms with E-state index in [1.165, 1.54) is 0 Å². The number of aromatic nitrogens is 1. The van der Waals surface area contributed by atoms with E-state index >= 15 is 0 Å². The minimum Gasteiger partial charge on any atom is -0.388 e. The van der Waals surface area contributed by atoms with Crippen molar-refractivity contribution in [3.8, 4) is 0 Å². The molecule has 0 radical (unpaired) electrons. The molecule has 0 spiro atoms. The lowest BCUT2D eigenvalue weighted by molar-refractivity contribution is 1.12. The zero-order valence-electron chi connectivity index (χ0n) is 9.50. The average Bonchev–Trinajstić information content (AvgIpc) is 2.39. The van der Waals surface area contributed by atoms with Gasteiger partial charge in [0.2, 0.25) is 0 Å². The van der Waals surface area contributed by atoms with Gasteiger partial charge in [0.15, 0.2) is 0 Å². The first-order valence-electron chi connectivity index (χ1n) is 5.24. The summed E-state index contributed by atoms with van der Waals surface area (Å²) in [6, 6.07) is 15.6. The highest BCUT2D eigenvalue weighted by molar-refractivity contribution is 7.80. The van der Waals surface area contributed by atoms with Crippen LogP contribution in [0.25, 0.3) is 0 Å². The summed E-state index contributed by atoms with van der Waals surface area (Å²) in [5.74, 6) is 0.821. The molecule has 0 atom stereocenters. The van der Waals surface area contributed by atoms with Gasteiger partial charge in [-0.2, -0.15) is 0 Å². The van der Waals surface area contributed by atoms with Crippen LogP contribution in [-0.4, -0.2) is 17.0 Å². The van der Waals surface area contributed by atoms with Crippen LogP contribution in [0, 0.1) is 0 Å². The van der Waals surface area contributed by atoms with Gasteiger partial charge in [-0.15, -0.1) is 0 Å². The second-order valence-electron chi connectivity index (χ2n) is 3.64. The van der Waals surface area contributed by atoms with E-state index in [-0.39, 0.29) is 0 Å². The average molecular weight is 243 g/mol. The van der Waals surface area contributed by atoms with Gasteiger partial charge in [0.25, 0.3) is 0 Å². The lowest BCUT2D eigenvalue weighted by Gasteiger charge is -2.18. The van der Waals surface area contributed by atoms with Crippen LogP contribution in [0.5, 0.6) is 0 Å². The Morgan fingerprint density at radius 1 is 1.12 bits per heavy atom. The Morgan fingerprint density at radius 3 is 2.47 bits per heavy atom. The quantitative estimate of drug-likeness (QED) is 0.841. The van der Waals surface area contributed by atoms with Gasteiger partial charge in [-0.1, -0.05) is 36.5 Å². The Hall–Kier alpha value is -1.94. The van der Waals surface area contributed by atoms with Gasteiger partial charge in [-0.3, -0.25) is 0 Å². The fraction of sp³-hybridized carbons (Fsp3) is 0.0769. The van der Waals surface area contributed by atoms with E-state index in [2.05, 4.69) is 4.98 Å². The van der Waals surface area contributed by atoms with Crippen molar-refractivity contribution in [3.63, 3.8) is 0 Å². The van der Waals surface area contributed by atoms with Crippen molar-refractivity contribution < 1.29 is 0 Å². The highest BCUT2D eigenvalue weighted by Gasteiger charge is 2.06. The fourth-order valence-electron chi connectivity index (χ4n) is 1.53. The number of rotatable bonds is 3. The SMILES string of the molecule is CN(c1ccccc1)c1cccc(C(N)=S)n1. The van der Waals surface area contributed by atoms with Crippen LogP contribution in [-0.2, 0) is 0 Å². The number of para-hydroxylation sites is 1. The molecule has 0 unspecified atom stereocenters. The molecule has 17 heavy (non-hydrogen) atoms. The van der Waals surface area contributed by atoms with Crippen molar-refractivity contribution in [2.45, 2.75) is 0 Å². The number of hydrogen-bond donors (Lipinski definition) is 1. The van der Waals surface area contributed by atoms with Crippen LogP contribution in [0.15, 0.2) is 48.5 Å². The molecule has 3 nitrogen and oxygen atoms in total. The van der Waals surface area contributed by atoms with E-state index in [1.54, 1.807) is 0 Å². The van der Waals surface area contributed by atoms with Gasteiger partial charge >= 0.3 is 0 Å². The first-order chi connectivity index (χ1) is 8.18. The molecule has 1 aromatic carbocycles. The molecular weight excluding hydrogens is 230 g/mol. The summed E-state index contributed by atoms with van der Waals surface area (Å²) in [4.78, 5) is 6.71. The maximum absolute atomic E-state index is 5.57. The standard InChI is InChI=1S/C13H13N3S/c1-16(10-6-3-2-4-7-10)12-9-5-8-11(15-12)13(14)17/h2-9H,1H3,(H2,14,17). The van der Waals surface area contributed by atoms with Gasteiger partial charge in [-0.25, -0.2) is 4.98 Å². The highest BCUT2D eigenvalue weighted by atomic mass is 32.1. The van der Waals surface area contributed by atoms with Crippen LogP contribution in [0.3, 0.4) is 0 Å². The largest absolute Gasteiger partial charge is 0.388 e. The van der Waals surface area contributed by atoms with Crippen molar-refractivity contribution in [1.82, 2.24) is 4.98 Å². The van der Waals surface area contributed by atoms with E-state index in [1.807, 2.05) is 60.5 Å². The van der Waals surface area contributed by atoms with Gasteiger partial charge in [0.1, 0.15) is 10.8 Å². The first kappa shape index (κ1) is 11.5. The molecule has 0 aliphatic rings. The normalized spacial score (nSPS) is 9.94. The summed E-state index contributed by atoms with van der Waals surface area (Å²) >= 11 is 4.92. The lowest BCUT2D eigenvalue weighted by Crippen LogP contribution is -2.16. The number of nitrogens with zero attached hydrogens (tertiary/aromatic N) is 2. The molecule has 1 heterocycles. The maximum atomic E-state index is 5.57. The summed E-state index contributed by atoms with van der Waals surface area (Å²) in [7, 11) is 1.96. The van der Waals surface area contributed by atoms with Gasteiger partial charge in [0, 0.05) is 12.7 Å². The summed E-state index contributed by atoms with van der Waals surface area (Å²) < 4.78 is 0. The Balaban J connectivity index is 2.34. The van der Waals surface area contributed by atoms with Crippen molar-refractivity contribution >= 4 is 28.7 Å². The number of thiocarbonyl (C=S) groups is 1. The summed E-state index contributed by atoms with van der Waals surface area (Å²) in [6.07, 6.45) is 0. The van der Waals surface area contributed by atoms with Gasteiger partial charge in [-0.05, 0) is 24.3 Å². The third kappa shape index (κ3) is 2.60. The molecule has 2 aromatic rings. The van der Waals surface area contributed by atoms with E-state index in [9.17, 15) is 0 Å². The van der Waals surface area contributed by atoms with Crippen LogP contribution in [0.1, 0.15) is 5.69 Å². The number of hydrogen-bond acceptors (Lipinski definition) is 3. The molecule has 1 aromatic heterocycles. The van der Waals surface area contributed by atoms with Crippen molar-refractivity contribution in [3.05, 3.63) is 54.2 Å². The molecule has 0 saturated carbocycles. The van der Waals surface area contributed by atoms with E-state index in [0.29, 0.717) is 10.7 Å². The highest BCUT2D eigenvalue weighted by Crippen LogP contribution is 2.20. The third-order valence-electron chi connectivity index (χ3n) is 2.47. The van der Waals surface area contributed by atoms with Crippen LogP contribution in [0.2, 0.25) is 0 Å². The van der Waals surface area contributed by atoms with Crippen LogP contribution < -0.4 is 10.6 Å². The Morgan fingerprint density at radius 2 is 1.82 bits per heavy atom. The monoisotopic (exact) mass is 243 g/mol. The molecule has 2 N–H and O–H groups in total. The van der Waals surface area contributed by atoms with E-state index in [4.69, 9.17) is 18.0 Å². The van der Waals surface area contributed by atoms with E-state index in [0.717, 1.165) is 11.5 Å². The Kier molecular flexibility index (Phi) is 3.35. The molecule has 0 bridgehead atoms. The minimum absolute atomic E-state index is 0.313. The van der Waals surface area contributed by atoms with Crippen molar-refractivity contribution in [1.29, 1.82) is 0 Å². The van der Waals surface area contributed by atoms with Crippen LogP contribution >= 0.6 is 12.2 Å². The fourth-order valence-corrected chi connectivity index (χ4v) is 1.64.